The van der Waals surface area contributed by atoms with E-state index in [2.05, 4.69) is 25.7 Å². The first kappa shape index (κ1) is 14.3. The van der Waals surface area contributed by atoms with Crippen molar-refractivity contribution in [3.05, 3.63) is 35.9 Å². The third-order valence-electron chi connectivity index (χ3n) is 4.34. The van der Waals surface area contributed by atoms with Crippen LogP contribution in [0.15, 0.2) is 30.3 Å². The highest BCUT2D eigenvalue weighted by atomic mass is 16.1. The third kappa shape index (κ3) is 3.90. The molecule has 0 N–H and O–H groups in total. The normalized spacial score (nSPS) is 28.3. The highest BCUT2D eigenvalue weighted by Crippen LogP contribution is 2.26. The molecule has 0 radical (unpaired) electrons. The maximum absolute atomic E-state index is 12.2. The quantitative estimate of drug-likeness (QED) is 0.828. The van der Waals surface area contributed by atoms with Gasteiger partial charge in [-0.25, -0.2) is 0 Å². The fourth-order valence-electron chi connectivity index (χ4n) is 3.15. The van der Waals surface area contributed by atoms with Crippen LogP contribution in [0, 0.1) is 11.8 Å². The molecular weight excluding hydrogens is 234 g/mol. The number of carbonyl (C=O) groups is 1. The van der Waals surface area contributed by atoms with Gasteiger partial charge >= 0.3 is 0 Å². The Bertz CT molecular complexity index is 415. The van der Waals surface area contributed by atoms with Gasteiger partial charge in [-0.05, 0) is 30.7 Å². The third-order valence-corrected chi connectivity index (χ3v) is 4.34. The van der Waals surface area contributed by atoms with Gasteiger partial charge in [0.1, 0.15) is 0 Å². The molecule has 1 aromatic rings. The second-order valence-electron chi connectivity index (χ2n) is 6.19. The van der Waals surface area contributed by atoms with Crippen molar-refractivity contribution in [1.82, 2.24) is 4.90 Å². The number of benzene rings is 1. The van der Waals surface area contributed by atoms with Gasteiger partial charge in [-0.3, -0.25) is 9.69 Å². The summed E-state index contributed by atoms with van der Waals surface area (Å²) in [5.74, 6) is 1.73. The first-order valence-corrected chi connectivity index (χ1v) is 7.36. The van der Waals surface area contributed by atoms with Crippen molar-refractivity contribution >= 4 is 5.78 Å². The summed E-state index contributed by atoms with van der Waals surface area (Å²) in [6.07, 6.45) is 1.84. The van der Waals surface area contributed by atoms with Gasteiger partial charge in [0.2, 0.25) is 0 Å². The predicted molar refractivity (Wildman–Crippen MR) is 79.1 cm³/mol. The van der Waals surface area contributed by atoms with Crippen molar-refractivity contribution in [3.63, 3.8) is 0 Å². The van der Waals surface area contributed by atoms with Gasteiger partial charge in [-0.2, -0.15) is 0 Å². The summed E-state index contributed by atoms with van der Waals surface area (Å²) < 4.78 is 0. The van der Waals surface area contributed by atoms with Crippen LogP contribution >= 0.6 is 0 Å². The zero-order chi connectivity index (χ0) is 13.8. The number of carbonyl (C=O) groups excluding carboxylic acids is 1. The number of piperidine rings is 1. The van der Waals surface area contributed by atoms with Crippen LogP contribution in [0.2, 0.25) is 0 Å². The molecule has 3 unspecified atom stereocenters. The molecule has 1 saturated heterocycles. The Morgan fingerprint density at radius 1 is 1.21 bits per heavy atom. The van der Waals surface area contributed by atoms with E-state index in [1.165, 1.54) is 6.42 Å². The van der Waals surface area contributed by atoms with Gasteiger partial charge in [-0.1, -0.05) is 44.2 Å². The highest BCUT2D eigenvalue weighted by molar-refractivity contribution is 5.82. The van der Waals surface area contributed by atoms with Gasteiger partial charge in [0.25, 0.3) is 0 Å². The Morgan fingerprint density at radius 3 is 2.58 bits per heavy atom. The van der Waals surface area contributed by atoms with Crippen molar-refractivity contribution in [2.45, 2.75) is 39.7 Å². The highest BCUT2D eigenvalue weighted by Gasteiger charge is 2.29. The lowest BCUT2D eigenvalue weighted by atomic mass is 9.86. The zero-order valence-electron chi connectivity index (χ0n) is 12.3. The number of nitrogens with zero attached hydrogens (tertiary/aromatic N) is 1. The minimum absolute atomic E-state index is 0.333. The predicted octanol–water partition coefficient (Wildman–Crippen LogP) is 3.16. The fraction of sp³-hybridized carbons (Fsp3) is 0.588. The molecule has 0 spiro atoms. The summed E-state index contributed by atoms with van der Waals surface area (Å²) in [5.41, 5.74) is 1.12. The fourth-order valence-corrected chi connectivity index (χ4v) is 3.15. The van der Waals surface area contributed by atoms with E-state index in [4.69, 9.17) is 0 Å². The molecule has 2 heteroatoms. The molecule has 0 aromatic heterocycles. The molecule has 1 heterocycles. The number of likely N-dealkylation sites (tertiary alicyclic amines) is 1. The van der Waals surface area contributed by atoms with Crippen molar-refractivity contribution in [2.24, 2.45) is 11.8 Å². The largest absolute Gasteiger partial charge is 0.298 e. The summed E-state index contributed by atoms with van der Waals surface area (Å²) >= 11 is 0. The van der Waals surface area contributed by atoms with Crippen molar-refractivity contribution < 1.29 is 4.79 Å². The summed E-state index contributed by atoms with van der Waals surface area (Å²) in [7, 11) is 0. The van der Waals surface area contributed by atoms with Crippen molar-refractivity contribution in [2.75, 3.05) is 13.1 Å². The van der Waals surface area contributed by atoms with E-state index in [0.717, 1.165) is 12.1 Å². The minimum atomic E-state index is 0.333. The Morgan fingerprint density at radius 2 is 1.89 bits per heavy atom. The van der Waals surface area contributed by atoms with Crippen LogP contribution in [0.5, 0.6) is 0 Å². The van der Waals surface area contributed by atoms with Gasteiger partial charge in [0.05, 0.1) is 6.54 Å². The number of Topliss-reactive ketones (excluding diaryl/α,β-unsaturated/α-hetero) is 1. The van der Waals surface area contributed by atoms with Crippen LogP contribution in [0.3, 0.4) is 0 Å². The first-order chi connectivity index (χ1) is 9.06. The topological polar surface area (TPSA) is 20.3 Å². The van der Waals surface area contributed by atoms with E-state index in [-0.39, 0.29) is 0 Å². The molecule has 0 amide bonds. The first-order valence-electron chi connectivity index (χ1n) is 7.36. The minimum Gasteiger partial charge on any atom is -0.298 e. The number of hydrogen-bond acceptors (Lipinski definition) is 2. The molecule has 1 fully saturated rings. The van der Waals surface area contributed by atoms with E-state index in [1.807, 2.05) is 30.3 Å². The Kier molecular flexibility index (Phi) is 4.76. The molecule has 0 bridgehead atoms. The maximum atomic E-state index is 12.2. The molecular formula is C17H25NO. The molecule has 2 nitrogen and oxygen atoms in total. The molecule has 1 aliphatic heterocycles. The van der Waals surface area contributed by atoms with Crippen LogP contribution in [0.4, 0.5) is 0 Å². The van der Waals surface area contributed by atoms with E-state index in [0.29, 0.717) is 36.6 Å². The Hall–Kier alpha value is -1.15. The monoisotopic (exact) mass is 259 g/mol. The van der Waals surface area contributed by atoms with Gasteiger partial charge in [0, 0.05) is 19.0 Å². The lowest BCUT2D eigenvalue weighted by Gasteiger charge is -2.40. The Balaban J connectivity index is 1.91. The average Bonchev–Trinajstić information content (AvgIpc) is 2.36. The second-order valence-corrected chi connectivity index (χ2v) is 6.19. The molecule has 19 heavy (non-hydrogen) atoms. The van der Waals surface area contributed by atoms with Crippen LogP contribution in [0.25, 0.3) is 0 Å². The molecule has 1 aromatic carbocycles. The Labute approximate surface area is 116 Å². The summed E-state index contributed by atoms with van der Waals surface area (Å²) in [6.45, 7) is 8.51. The molecule has 104 valence electrons. The molecule has 2 rings (SSSR count). The average molecular weight is 259 g/mol. The van der Waals surface area contributed by atoms with Gasteiger partial charge < -0.3 is 0 Å². The number of ketones is 1. The smallest absolute Gasteiger partial charge is 0.151 e. The second kappa shape index (κ2) is 6.33. The molecule has 0 saturated carbocycles. The summed E-state index contributed by atoms with van der Waals surface area (Å²) in [5, 5.41) is 0. The van der Waals surface area contributed by atoms with Crippen LogP contribution in [-0.2, 0) is 11.2 Å². The molecule has 0 aliphatic carbocycles. The summed E-state index contributed by atoms with van der Waals surface area (Å²) in [6, 6.07) is 10.6. The van der Waals surface area contributed by atoms with E-state index in [1.54, 1.807) is 0 Å². The number of hydrogen-bond donors (Lipinski definition) is 0. The van der Waals surface area contributed by atoms with Crippen LogP contribution in [-0.4, -0.2) is 29.8 Å². The van der Waals surface area contributed by atoms with Crippen molar-refractivity contribution in [1.29, 1.82) is 0 Å². The van der Waals surface area contributed by atoms with E-state index < -0.39 is 0 Å². The molecule has 1 aliphatic rings. The SMILES string of the molecule is CC1CC(C)C(C)N(CC(=O)Cc2ccccc2)C1. The van der Waals surface area contributed by atoms with Crippen LogP contribution in [0.1, 0.15) is 32.8 Å². The van der Waals surface area contributed by atoms with Crippen molar-refractivity contribution in [3.8, 4) is 0 Å². The van der Waals surface area contributed by atoms with Crippen LogP contribution < -0.4 is 0 Å². The summed E-state index contributed by atoms with van der Waals surface area (Å²) in [4.78, 5) is 14.6. The van der Waals surface area contributed by atoms with Gasteiger partial charge in [0.15, 0.2) is 5.78 Å². The lowest BCUT2D eigenvalue weighted by Crippen LogP contribution is -2.48. The lowest BCUT2D eigenvalue weighted by molar-refractivity contribution is -0.121. The van der Waals surface area contributed by atoms with Gasteiger partial charge in [-0.15, -0.1) is 0 Å². The standard InChI is InChI=1S/C17H25NO/c1-13-9-14(2)15(3)18(11-13)12-17(19)10-16-7-5-4-6-8-16/h4-8,13-15H,9-12H2,1-3H3. The zero-order valence-corrected chi connectivity index (χ0v) is 12.3. The maximum Gasteiger partial charge on any atom is 0.151 e. The van der Waals surface area contributed by atoms with E-state index in [9.17, 15) is 4.79 Å². The molecule has 3 atom stereocenters. The number of rotatable bonds is 4. The van der Waals surface area contributed by atoms with E-state index >= 15 is 0 Å².